The van der Waals surface area contributed by atoms with E-state index in [4.69, 9.17) is 4.98 Å². The fourth-order valence-electron chi connectivity index (χ4n) is 2.61. The van der Waals surface area contributed by atoms with E-state index < -0.39 is 0 Å². The topological polar surface area (TPSA) is 40.7 Å². The molecule has 0 aliphatic carbocycles. The normalized spacial score (nSPS) is 20.9. The molecule has 1 fully saturated rings. The fraction of sp³-hybridized carbons (Fsp3) is 0.500. The predicted octanol–water partition coefficient (Wildman–Crippen LogP) is 2.65. The minimum absolute atomic E-state index is 0.552. The molecular weight excluding hydrogens is 210 g/mol. The van der Waals surface area contributed by atoms with Gasteiger partial charge in [-0.25, -0.2) is 4.98 Å². The number of nitrogens with one attached hydrogen (secondary N) is 2. The molecule has 2 heterocycles. The van der Waals surface area contributed by atoms with Gasteiger partial charge in [-0.05, 0) is 50.4 Å². The van der Waals surface area contributed by atoms with Crippen molar-refractivity contribution >= 4 is 11.0 Å². The summed E-state index contributed by atoms with van der Waals surface area (Å²) >= 11 is 0. The van der Waals surface area contributed by atoms with Crippen molar-refractivity contribution in [1.29, 1.82) is 0 Å². The summed E-state index contributed by atoms with van der Waals surface area (Å²) < 4.78 is 0. The van der Waals surface area contributed by atoms with Gasteiger partial charge in [-0.3, -0.25) is 0 Å². The molecule has 3 rings (SSSR count). The number of fused-ring (bicyclic) bond motifs is 1. The second kappa shape index (κ2) is 4.15. The summed E-state index contributed by atoms with van der Waals surface area (Å²) in [5.41, 5.74) is 4.94. The van der Waals surface area contributed by atoms with Gasteiger partial charge in [0, 0.05) is 12.5 Å². The Morgan fingerprint density at radius 1 is 1.29 bits per heavy atom. The molecule has 0 spiro atoms. The maximum Gasteiger partial charge on any atom is 0.111 e. The van der Waals surface area contributed by atoms with Crippen molar-refractivity contribution in [1.82, 2.24) is 15.3 Å². The zero-order valence-electron chi connectivity index (χ0n) is 10.5. The van der Waals surface area contributed by atoms with Crippen molar-refractivity contribution in [2.45, 2.75) is 32.6 Å². The van der Waals surface area contributed by atoms with Gasteiger partial charge in [-0.15, -0.1) is 0 Å². The Balaban J connectivity index is 2.04. The van der Waals surface area contributed by atoms with Gasteiger partial charge in [0.1, 0.15) is 5.82 Å². The lowest BCUT2D eigenvalue weighted by Gasteiger charge is -2.20. The summed E-state index contributed by atoms with van der Waals surface area (Å²) in [6.07, 6.45) is 2.49. The Kier molecular flexibility index (Phi) is 2.63. The van der Waals surface area contributed by atoms with Crippen LogP contribution in [0.15, 0.2) is 12.1 Å². The van der Waals surface area contributed by atoms with E-state index >= 15 is 0 Å². The van der Waals surface area contributed by atoms with E-state index in [1.165, 1.54) is 29.5 Å². The van der Waals surface area contributed by atoms with E-state index in [1.807, 2.05) is 0 Å². The highest BCUT2D eigenvalue weighted by molar-refractivity contribution is 5.79. The van der Waals surface area contributed by atoms with E-state index in [2.05, 4.69) is 36.3 Å². The molecule has 1 saturated heterocycles. The van der Waals surface area contributed by atoms with E-state index in [0.717, 1.165) is 24.4 Å². The predicted molar refractivity (Wildman–Crippen MR) is 70.4 cm³/mol. The molecule has 2 N–H and O–H groups in total. The number of H-pyrrole nitrogens is 1. The van der Waals surface area contributed by atoms with Crippen LogP contribution in [-0.4, -0.2) is 23.1 Å². The molecule has 1 aromatic heterocycles. The molecule has 17 heavy (non-hydrogen) atoms. The summed E-state index contributed by atoms with van der Waals surface area (Å²) in [6, 6.07) is 4.31. The Hall–Kier alpha value is -1.35. The molecule has 1 unspecified atom stereocenters. The molecule has 1 aliphatic rings. The minimum Gasteiger partial charge on any atom is -0.342 e. The number of hydrogen-bond acceptors (Lipinski definition) is 2. The number of aryl methyl sites for hydroxylation is 2. The molecule has 0 bridgehead atoms. The van der Waals surface area contributed by atoms with Gasteiger partial charge in [0.05, 0.1) is 11.0 Å². The van der Waals surface area contributed by atoms with Gasteiger partial charge in [-0.1, -0.05) is 6.07 Å². The van der Waals surface area contributed by atoms with Gasteiger partial charge >= 0.3 is 0 Å². The van der Waals surface area contributed by atoms with Crippen molar-refractivity contribution in [3.05, 3.63) is 29.1 Å². The Morgan fingerprint density at radius 2 is 2.18 bits per heavy atom. The summed E-state index contributed by atoms with van der Waals surface area (Å²) in [5, 5.41) is 3.44. The Labute approximate surface area is 102 Å². The standard InChI is InChI=1S/C14H19N3/c1-9-5-6-12-13(10(9)2)17-14(16-12)11-4-3-7-15-8-11/h5-6,11,15H,3-4,7-8H2,1-2H3,(H,16,17). The zero-order valence-corrected chi connectivity index (χ0v) is 10.5. The zero-order chi connectivity index (χ0) is 11.8. The summed E-state index contributed by atoms with van der Waals surface area (Å²) in [7, 11) is 0. The van der Waals surface area contributed by atoms with Gasteiger partial charge in [0.25, 0.3) is 0 Å². The molecule has 1 atom stereocenters. The smallest absolute Gasteiger partial charge is 0.111 e. The number of nitrogens with zero attached hydrogens (tertiary/aromatic N) is 1. The summed E-state index contributed by atoms with van der Waals surface area (Å²) in [6.45, 7) is 6.50. The Bertz CT molecular complexity index is 536. The van der Waals surface area contributed by atoms with Crippen LogP contribution >= 0.6 is 0 Å². The van der Waals surface area contributed by atoms with Crippen LogP contribution < -0.4 is 5.32 Å². The highest BCUT2D eigenvalue weighted by Gasteiger charge is 2.19. The second-order valence-corrected chi connectivity index (χ2v) is 5.07. The van der Waals surface area contributed by atoms with E-state index in [1.54, 1.807) is 0 Å². The van der Waals surface area contributed by atoms with Crippen LogP contribution in [0.4, 0.5) is 0 Å². The lowest BCUT2D eigenvalue weighted by atomic mass is 9.99. The quantitative estimate of drug-likeness (QED) is 0.789. The average Bonchev–Trinajstić information content (AvgIpc) is 2.80. The fourth-order valence-corrected chi connectivity index (χ4v) is 2.61. The number of aromatic nitrogens is 2. The van der Waals surface area contributed by atoms with Crippen LogP contribution in [0.25, 0.3) is 11.0 Å². The lowest BCUT2D eigenvalue weighted by molar-refractivity contribution is 0.449. The third-order valence-corrected chi connectivity index (χ3v) is 3.88. The molecular formula is C14H19N3. The lowest BCUT2D eigenvalue weighted by Crippen LogP contribution is -2.28. The van der Waals surface area contributed by atoms with Crippen LogP contribution in [0.5, 0.6) is 0 Å². The van der Waals surface area contributed by atoms with Crippen molar-refractivity contribution in [3.63, 3.8) is 0 Å². The average molecular weight is 229 g/mol. The summed E-state index contributed by atoms with van der Waals surface area (Å²) in [5.74, 6) is 1.71. The molecule has 3 heteroatoms. The molecule has 2 aromatic rings. The monoisotopic (exact) mass is 229 g/mol. The van der Waals surface area contributed by atoms with Crippen LogP contribution in [0.3, 0.4) is 0 Å². The summed E-state index contributed by atoms with van der Waals surface area (Å²) in [4.78, 5) is 8.28. The number of aromatic amines is 1. The van der Waals surface area contributed by atoms with Crippen LogP contribution in [0.2, 0.25) is 0 Å². The first-order valence-corrected chi connectivity index (χ1v) is 6.42. The highest BCUT2D eigenvalue weighted by Crippen LogP contribution is 2.25. The van der Waals surface area contributed by atoms with E-state index in [0.29, 0.717) is 5.92 Å². The van der Waals surface area contributed by atoms with Gasteiger partial charge in [0.2, 0.25) is 0 Å². The third kappa shape index (κ3) is 1.84. The molecule has 90 valence electrons. The first kappa shape index (κ1) is 10.8. The van der Waals surface area contributed by atoms with E-state index in [9.17, 15) is 0 Å². The van der Waals surface area contributed by atoms with Gasteiger partial charge < -0.3 is 10.3 Å². The largest absolute Gasteiger partial charge is 0.342 e. The molecule has 0 saturated carbocycles. The maximum absolute atomic E-state index is 4.80. The van der Waals surface area contributed by atoms with Gasteiger partial charge in [0.15, 0.2) is 0 Å². The molecule has 0 amide bonds. The van der Waals surface area contributed by atoms with Crippen LogP contribution in [-0.2, 0) is 0 Å². The number of rotatable bonds is 1. The van der Waals surface area contributed by atoms with Crippen molar-refractivity contribution in [3.8, 4) is 0 Å². The number of benzene rings is 1. The SMILES string of the molecule is Cc1ccc2[nH]c(C3CCCNC3)nc2c1C. The number of imidazole rings is 1. The van der Waals surface area contributed by atoms with Crippen LogP contribution in [0.1, 0.15) is 35.7 Å². The van der Waals surface area contributed by atoms with Crippen molar-refractivity contribution in [2.24, 2.45) is 0 Å². The molecule has 0 radical (unpaired) electrons. The first-order chi connectivity index (χ1) is 8.25. The third-order valence-electron chi connectivity index (χ3n) is 3.88. The minimum atomic E-state index is 0.552. The van der Waals surface area contributed by atoms with E-state index in [-0.39, 0.29) is 0 Å². The maximum atomic E-state index is 4.80. The van der Waals surface area contributed by atoms with Gasteiger partial charge in [-0.2, -0.15) is 0 Å². The molecule has 1 aliphatic heterocycles. The number of piperidine rings is 1. The second-order valence-electron chi connectivity index (χ2n) is 5.07. The van der Waals surface area contributed by atoms with Crippen molar-refractivity contribution < 1.29 is 0 Å². The molecule has 1 aromatic carbocycles. The first-order valence-electron chi connectivity index (χ1n) is 6.42. The molecule has 3 nitrogen and oxygen atoms in total. The highest BCUT2D eigenvalue weighted by atomic mass is 15.0. The van der Waals surface area contributed by atoms with Crippen LogP contribution in [0, 0.1) is 13.8 Å². The Morgan fingerprint density at radius 3 is 2.94 bits per heavy atom. The number of hydrogen-bond donors (Lipinski definition) is 2. The van der Waals surface area contributed by atoms with Crippen molar-refractivity contribution in [2.75, 3.05) is 13.1 Å².